The molecule has 0 N–H and O–H groups in total. The fourth-order valence-electron chi connectivity index (χ4n) is 2.74. The van der Waals surface area contributed by atoms with Gasteiger partial charge in [-0.2, -0.15) is 0 Å². The van der Waals surface area contributed by atoms with E-state index in [1.165, 1.54) is 13.0 Å². The highest BCUT2D eigenvalue weighted by Crippen LogP contribution is 2.21. The van der Waals surface area contributed by atoms with E-state index in [0.717, 1.165) is 11.1 Å². The Bertz CT molecular complexity index is 760. The molecule has 3 nitrogen and oxygen atoms in total. The maximum atomic E-state index is 12.5. The number of allylic oxidation sites excluding steroid dienone is 1. The van der Waals surface area contributed by atoms with Gasteiger partial charge in [0.25, 0.3) is 0 Å². The van der Waals surface area contributed by atoms with E-state index in [2.05, 4.69) is 0 Å². The Balaban J connectivity index is 2.08. The summed E-state index contributed by atoms with van der Waals surface area (Å²) in [5, 5.41) is 0. The molecule has 0 aromatic heterocycles. The van der Waals surface area contributed by atoms with Crippen molar-refractivity contribution in [3.05, 3.63) is 77.9 Å². The standard InChI is InChI=1S/C22H22O3/c1-16(19-11-7-4-8-12-19)15-21(25)22(17(2)23)20(24)14-13-18-9-5-3-6-10-18/h3-14,16,22H,15H2,1-2H3. The van der Waals surface area contributed by atoms with Crippen molar-refractivity contribution < 1.29 is 14.4 Å². The Morgan fingerprint density at radius 1 is 0.920 bits per heavy atom. The molecule has 3 heteroatoms. The van der Waals surface area contributed by atoms with Crippen molar-refractivity contribution in [1.29, 1.82) is 0 Å². The highest BCUT2D eigenvalue weighted by molar-refractivity contribution is 6.22. The number of rotatable bonds is 8. The van der Waals surface area contributed by atoms with Gasteiger partial charge in [0, 0.05) is 6.42 Å². The topological polar surface area (TPSA) is 51.2 Å². The van der Waals surface area contributed by atoms with E-state index in [1.54, 1.807) is 6.08 Å². The average molecular weight is 334 g/mol. The molecule has 0 amide bonds. The normalized spacial score (nSPS) is 13.4. The van der Waals surface area contributed by atoms with E-state index in [4.69, 9.17) is 0 Å². The Morgan fingerprint density at radius 2 is 1.48 bits per heavy atom. The summed E-state index contributed by atoms with van der Waals surface area (Å²) in [5.41, 5.74) is 1.87. The van der Waals surface area contributed by atoms with Crippen molar-refractivity contribution in [3.8, 4) is 0 Å². The summed E-state index contributed by atoms with van der Waals surface area (Å²) >= 11 is 0. The number of hydrogen-bond donors (Lipinski definition) is 0. The van der Waals surface area contributed by atoms with Crippen molar-refractivity contribution in [2.45, 2.75) is 26.2 Å². The van der Waals surface area contributed by atoms with Gasteiger partial charge in [-0.1, -0.05) is 73.7 Å². The molecule has 2 aromatic rings. The smallest absolute Gasteiger partial charge is 0.173 e. The molecule has 0 saturated carbocycles. The van der Waals surface area contributed by atoms with Crippen molar-refractivity contribution in [2.24, 2.45) is 5.92 Å². The first-order chi connectivity index (χ1) is 12.0. The molecule has 0 saturated heterocycles. The molecule has 0 aliphatic carbocycles. The van der Waals surface area contributed by atoms with E-state index in [1.807, 2.05) is 67.6 Å². The third kappa shape index (κ3) is 5.35. The van der Waals surface area contributed by atoms with Gasteiger partial charge in [0.2, 0.25) is 0 Å². The number of ketones is 3. The zero-order valence-electron chi connectivity index (χ0n) is 14.5. The van der Waals surface area contributed by atoms with Gasteiger partial charge < -0.3 is 0 Å². The van der Waals surface area contributed by atoms with Gasteiger partial charge in [-0.05, 0) is 30.0 Å². The summed E-state index contributed by atoms with van der Waals surface area (Å²) in [6, 6.07) is 18.9. The van der Waals surface area contributed by atoms with E-state index in [-0.39, 0.29) is 18.1 Å². The van der Waals surface area contributed by atoms with Gasteiger partial charge in [0.15, 0.2) is 11.6 Å². The lowest BCUT2D eigenvalue weighted by Crippen LogP contribution is -2.30. The molecule has 2 unspecified atom stereocenters. The lowest BCUT2D eigenvalue weighted by atomic mass is 9.86. The minimum Gasteiger partial charge on any atom is -0.299 e. The van der Waals surface area contributed by atoms with Gasteiger partial charge >= 0.3 is 0 Å². The summed E-state index contributed by atoms with van der Waals surface area (Å²) in [6.07, 6.45) is 3.12. The molecule has 0 aliphatic rings. The zero-order chi connectivity index (χ0) is 18.2. The number of hydrogen-bond acceptors (Lipinski definition) is 3. The number of benzene rings is 2. The SMILES string of the molecule is CC(=O)C(C(=O)C=Cc1ccccc1)C(=O)CC(C)c1ccccc1. The second-order valence-corrected chi connectivity index (χ2v) is 6.17. The van der Waals surface area contributed by atoms with Crippen LogP contribution < -0.4 is 0 Å². The van der Waals surface area contributed by atoms with Gasteiger partial charge in [-0.15, -0.1) is 0 Å². The first-order valence-corrected chi connectivity index (χ1v) is 8.34. The Morgan fingerprint density at radius 3 is 2.04 bits per heavy atom. The van der Waals surface area contributed by atoms with Crippen LogP contribution in [0.1, 0.15) is 37.3 Å². The molecule has 0 bridgehead atoms. The van der Waals surface area contributed by atoms with Crippen LogP contribution >= 0.6 is 0 Å². The molecular weight excluding hydrogens is 312 g/mol. The van der Waals surface area contributed by atoms with Crippen molar-refractivity contribution in [3.63, 3.8) is 0 Å². The first-order valence-electron chi connectivity index (χ1n) is 8.34. The molecule has 0 radical (unpaired) electrons. The van der Waals surface area contributed by atoms with Crippen molar-refractivity contribution >= 4 is 23.4 Å². The number of carbonyl (C=O) groups excluding carboxylic acids is 3. The maximum Gasteiger partial charge on any atom is 0.173 e. The molecule has 128 valence electrons. The fraction of sp³-hybridized carbons (Fsp3) is 0.227. The van der Waals surface area contributed by atoms with E-state index >= 15 is 0 Å². The molecule has 2 rings (SSSR count). The van der Waals surface area contributed by atoms with Crippen LogP contribution in [-0.4, -0.2) is 17.3 Å². The lowest BCUT2D eigenvalue weighted by Gasteiger charge is -2.14. The molecule has 2 atom stereocenters. The second-order valence-electron chi connectivity index (χ2n) is 6.17. The molecule has 0 spiro atoms. The highest BCUT2D eigenvalue weighted by Gasteiger charge is 2.30. The molecule has 0 fully saturated rings. The minimum absolute atomic E-state index is 0.0403. The fourth-order valence-corrected chi connectivity index (χ4v) is 2.74. The lowest BCUT2D eigenvalue weighted by molar-refractivity contribution is -0.137. The Kier molecular flexibility index (Phi) is 6.58. The molecule has 25 heavy (non-hydrogen) atoms. The molecule has 2 aromatic carbocycles. The van der Waals surface area contributed by atoms with Gasteiger partial charge in [-0.25, -0.2) is 0 Å². The minimum atomic E-state index is -1.22. The highest BCUT2D eigenvalue weighted by atomic mass is 16.2. The summed E-state index contributed by atoms with van der Waals surface area (Å²) < 4.78 is 0. The van der Waals surface area contributed by atoms with E-state index in [9.17, 15) is 14.4 Å². The van der Waals surface area contributed by atoms with Crippen LogP contribution in [0.4, 0.5) is 0 Å². The van der Waals surface area contributed by atoms with Crippen molar-refractivity contribution in [2.75, 3.05) is 0 Å². The van der Waals surface area contributed by atoms with Crippen LogP contribution in [0, 0.1) is 5.92 Å². The van der Waals surface area contributed by atoms with Crippen LogP contribution in [0.3, 0.4) is 0 Å². The summed E-state index contributed by atoms with van der Waals surface area (Å²) in [6.45, 7) is 3.22. The van der Waals surface area contributed by atoms with E-state index in [0.29, 0.717) is 0 Å². The predicted molar refractivity (Wildman–Crippen MR) is 99.1 cm³/mol. The molecule has 0 heterocycles. The summed E-state index contributed by atoms with van der Waals surface area (Å²) in [5.74, 6) is -2.45. The Hall–Kier alpha value is -2.81. The monoisotopic (exact) mass is 334 g/mol. The van der Waals surface area contributed by atoms with Crippen LogP contribution in [0.2, 0.25) is 0 Å². The van der Waals surface area contributed by atoms with Crippen LogP contribution in [0.15, 0.2) is 66.7 Å². The predicted octanol–water partition coefficient (Wildman–Crippen LogP) is 4.24. The van der Waals surface area contributed by atoms with Crippen molar-refractivity contribution in [1.82, 2.24) is 0 Å². The molecular formula is C22H22O3. The summed E-state index contributed by atoms with van der Waals surface area (Å²) in [4.78, 5) is 36.8. The Labute approximate surface area is 148 Å². The van der Waals surface area contributed by atoms with Gasteiger partial charge in [0.05, 0.1) is 0 Å². The largest absolute Gasteiger partial charge is 0.299 e. The van der Waals surface area contributed by atoms with Crippen LogP contribution in [-0.2, 0) is 14.4 Å². The van der Waals surface area contributed by atoms with Crippen LogP contribution in [0.5, 0.6) is 0 Å². The van der Waals surface area contributed by atoms with Crippen LogP contribution in [0.25, 0.3) is 6.08 Å². The molecule has 0 aliphatic heterocycles. The van der Waals surface area contributed by atoms with E-state index < -0.39 is 17.5 Å². The quantitative estimate of drug-likeness (QED) is 0.536. The third-order valence-electron chi connectivity index (χ3n) is 4.13. The number of carbonyl (C=O) groups is 3. The van der Waals surface area contributed by atoms with Gasteiger partial charge in [-0.3, -0.25) is 14.4 Å². The first kappa shape index (κ1) is 18.5. The maximum absolute atomic E-state index is 12.5. The zero-order valence-corrected chi connectivity index (χ0v) is 14.5. The third-order valence-corrected chi connectivity index (χ3v) is 4.13. The average Bonchev–Trinajstić information content (AvgIpc) is 2.61. The number of Topliss-reactive ketones (excluding diaryl/α,β-unsaturated/α-hetero) is 2. The van der Waals surface area contributed by atoms with Gasteiger partial charge in [0.1, 0.15) is 11.7 Å². The second kappa shape index (κ2) is 8.88. The summed E-state index contributed by atoms with van der Waals surface area (Å²) in [7, 11) is 0.